The zero-order valence-corrected chi connectivity index (χ0v) is 11.3. The third-order valence-electron chi connectivity index (χ3n) is 3.97. The van der Waals surface area contributed by atoms with Gasteiger partial charge in [0.1, 0.15) is 7.28 Å². The predicted molar refractivity (Wildman–Crippen MR) is 73.1 cm³/mol. The van der Waals surface area contributed by atoms with Crippen molar-refractivity contribution in [2.24, 2.45) is 11.3 Å². The van der Waals surface area contributed by atoms with Crippen LogP contribution in [0.3, 0.4) is 0 Å². The van der Waals surface area contributed by atoms with Crippen LogP contribution in [0.5, 0.6) is 0 Å². The minimum Gasteiger partial charge on any atom is -0.179 e. The Hall–Kier alpha value is 0.765. The van der Waals surface area contributed by atoms with Gasteiger partial charge in [0.15, 0.2) is 0 Å². The monoisotopic (exact) mass is 229 g/mol. The smallest absolute Gasteiger partial charge is 0.111 e. The first-order valence-electron chi connectivity index (χ1n) is 5.69. The van der Waals surface area contributed by atoms with Crippen molar-refractivity contribution in [1.29, 1.82) is 0 Å². The third-order valence-corrected chi connectivity index (χ3v) is 4.54. The molecule has 0 bridgehead atoms. The van der Waals surface area contributed by atoms with Gasteiger partial charge in [-0.2, -0.15) is 25.3 Å². The van der Waals surface area contributed by atoms with Crippen molar-refractivity contribution in [1.82, 2.24) is 0 Å². The Morgan fingerprint density at radius 3 is 2.57 bits per heavy atom. The Kier molecular flexibility index (Phi) is 4.77. The predicted octanol–water partition coefficient (Wildman–Crippen LogP) is 3.58. The summed E-state index contributed by atoms with van der Waals surface area (Å²) in [5.41, 5.74) is 0.607. The second-order valence-corrected chi connectivity index (χ2v) is 5.91. The van der Waals surface area contributed by atoms with Gasteiger partial charge in [0.25, 0.3) is 0 Å². The molecule has 1 aliphatic carbocycles. The molecule has 4 unspecified atom stereocenters. The van der Waals surface area contributed by atoms with E-state index in [9.17, 15) is 0 Å². The zero-order chi connectivity index (χ0) is 10.8. The Morgan fingerprint density at radius 1 is 1.57 bits per heavy atom. The summed E-state index contributed by atoms with van der Waals surface area (Å²) < 4.78 is 0. The minimum atomic E-state index is 0.498. The molecular formula is C11H22BS2. The summed E-state index contributed by atoms with van der Waals surface area (Å²) in [5, 5.41) is 0.498. The highest BCUT2D eigenvalue weighted by molar-refractivity contribution is 7.81. The first-order chi connectivity index (χ1) is 6.61. The van der Waals surface area contributed by atoms with E-state index in [1.165, 1.54) is 19.3 Å². The number of hydrogen-bond donors (Lipinski definition) is 2. The average Bonchev–Trinajstić information content (AvgIpc) is 2.82. The van der Waals surface area contributed by atoms with E-state index in [1.54, 1.807) is 0 Å². The van der Waals surface area contributed by atoms with Gasteiger partial charge in [-0.25, -0.2) is 0 Å². The van der Waals surface area contributed by atoms with Crippen LogP contribution in [0.15, 0.2) is 0 Å². The largest absolute Gasteiger partial charge is 0.179 e. The molecule has 0 spiro atoms. The summed E-state index contributed by atoms with van der Waals surface area (Å²) in [5.74, 6) is 2.59. The van der Waals surface area contributed by atoms with Crippen LogP contribution in [-0.4, -0.2) is 18.3 Å². The summed E-state index contributed by atoms with van der Waals surface area (Å²) in [7, 11) is 2.35. The minimum absolute atomic E-state index is 0.498. The highest BCUT2D eigenvalue weighted by atomic mass is 32.1. The van der Waals surface area contributed by atoms with Gasteiger partial charge in [-0.3, -0.25) is 0 Å². The summed E-state index contributed by atoms with van der Waals surface area (Å²) in [6.45, 7) is 6.71. The molecule has 0 N–H and O–H groups in total. The van der Waals surface area contributed by atoms with Gasteiger partial charge in [-0.1, -0.05) is 32.9 Å². The number of thiol groups is 2. The van der Waals surface area contributed by atoms with Crippen molar-refractivity contribution in [3.63, 3.8) is 0 Å². The lowest BCUT2D eigenvalue weighted by atomic mass is 9.61. The van der Waals surface area contributed by atoms with Gasteiger partial charge < -0.3 is 0 Å². The van der Waals surface area contributed by atoms with E-state index >= 15 is 0 Å². The number of hydrogen-bond acceptors (Lipinski definition) is 2. The van der Waals surface area contributed by atoms with Crippen LogP contribution in [0.1, 0.15) is 33.1 Å². The standard InChI is InChI=1S/C11H22BS2/c1-4-11(5-6-13)7-9(11)10(12-3)8(2)14/h8-10,13-14H,4-7H2,1-3H3. The van der Waals surface area contributed by atoms with Crippen molar-refractivity contribution >= 4 is 32.5 Å². The zero-order valence-electron chi connectivity index (χ0n) is 9.53. The van der Waals surface area contributed by atoms with Crippen molar-refractivity contribution < 1.29 is 0 Å². The molecule has 3 heteroatoms. The van der Waals surface area contributed by atoms with Crippen LogP contribution >= 0.6 is 25.3 Å². The Balaban J connectivity index is 2.55. The lowest BCUT2D eigenvalue weighted by Crippen LogP contribution is -2.17. The van der Waals surface area contributed by atoms with E-state index in [0.29, 0.717) is 16.5 Å². The van der Waals surface area contributed by atoms with Crippen molar-refractivity contribution in [3.05, 3.63) is 0 Å². The molecule has 1 fully saturated rings. The molecule has 14 heavy (non-hydrogen) atoms. The van der Waals surface area contributed by atoms with Crippen molar-refractivity contribution in [2.75, 3.05) is 5.75 Å². The van der Waals surface area contributed by atoms with Crippen LogP contribution in [0, 0.1) is 11.3 Å². The highest BCUT2D eigenvalue weighted by Gasteiger charge is 2.54. The normalized spacial score (nSPS) is 35.1. The molecule has 0 aromatic carbocycles. The lowest BCUT2D eigenvalue weighted by Gasteiger charge is -2.22. The molecule has 0 aliphatic heterocycles. The Bertz CT molecular complexity index is 184. The molecule has 0 heterocycles. The second kappa shape index (κ2) is 5.20. The Labute approximate surface area is 101 Å². The maximum atomic E-state index is 4.59. The van der Waals surface area contributed by atoms with Crippen LogP contribution < -0.4 is 0 Å². The molecule has 1 saturated carbocycles. The summed E-state index contributed by atoms with van der Waals surface area (Å²) in [6.07, 6.45) is 3.98. The van der Waals surface area contributed by atoms with E-state index in [2.05, 4.69) is 53.2 Å². The van der Waals surface area contributed by atoms with Gasteiger partial charge in [-0.05, 0) is 35.2 Å². The Morgan fingerprint density at radius 2 is 2.21 bits per heavy atom. The molecule has 0 saturated heterocycles. The van der Waals surface area contributed by atoms with Crippen LogP contribution in [0.4, 0.5) is 0 Å². The number of rotatable bonds is 6. The van der Waals surface area contributed by atoms with Crippen LogP contribution in [-0.2, 0) is 0 Å². The molecule has 0 aromatic heterocycles. The molecular weight excluding hydrogens is 207 g/mol. The maximum absolute atomic E-state index is 4.59. The first kappa shape index (κ1) is 12.8. The van der Waals surface area contributed by atoms with Crippen molar-refractivity contribution in [3.8, 4) is 0 Å². The summed E-state index contributed by atoms with van der Waals surface area (Å²) in [4.78, 5) is 0. The van der Waals surface area contributed by atoms with Gasteiger partial charge >= 0.3 is 0 Å². The highest BCUT2D eigenvalue weighted by Crippen LogP contribution is 2.63. The van der Waals surface area contributed by atoms with E-state index in [1.807, 2.05) is 0 Å². The maximum Gasteiger partial charge on any atom is 0.111 e. The summed E-state index contributed by atoms with van der Waals surface area (Å²) >= 11 is 8.96. The molecule has 4 atom stereocenters. The third kappa shape index (κ3) is 2.47. The molecule has 81 valence electrons. The van der Waals surface area contributed by atoms with Gasteiger partial charge in [0.05, 0.1) is 0 Å². The fourth-order valence-electron chi connectivity index (χ4n) is 2.86. The van der Waals surface area contributed by atoms with Gasteiger partial charge in [0, 0.05) is 0 Å². The molecule has 1 radical (unpaired) electrons. The van der Waals surface area contributed by atoms with Crippen molar-refractivity contribution in [2.45, 2.75) is 51.0 Å². The van der Waals surface area contributed by atoms with E-state index in [-0.39, 0.29) is 0 Å². The SMILES string of the molecule is C[B]C(C(C)S)C1CC1(CC)CCS. The lowest BCUT2D eigenvalue weighted by molar-refractivity contribution is 0.413. The van der Waals surface area contributed by atoms with Crippen LogP contribution in [0.2, 0.25) is 12.6 Å². The van der Waals surface area contributed by atoms with E-state index < -0.39 is 0 Å². The fraction of sp³-hybridized carbons (Fsp3) is 1.00. The molecule has 1 aliphatic rings. The quantitative estimate of drug-likeness (QED) is 0.504. The van der Waals surface area contributed by atoms with E-state index in [4.69, 9.17) is 0 Å². The molecule has 1 rings (SSSR count). The summed E-state index contributed by atoms with van der Waals surface area (Å²) in [6, 6.07) is 0. The molecule has 0 aromatic rings. The first-order valence-corrected chi connectivity index (χ1v) is 6.84. The van der Waals surface area contributed by atoms with Gasteiger partial charge in [-0.15, -0.1) is 0 Å². The van der Waals surface area contributed by atoms with Crippen LogP contribution in [0.25, 0.3) is 0 Å². The average molecular weight is 229 g/mol. The topological polar surface area (TPSA) is 0 Å². The molecule has 0 amide bonds. The van der Waals surface area contributed by atoms with E-state index in [0.717, 1.165) is 11.7 Å². The fourth-order valence-corrected chi connectivity index (χ4v) is 3.69. The van der Waals surface area contributed by atoms with Gasteiger partial charge in [0.2, 0.25) is 0 Å². The second-order valence-electron chi connectivity index (χ2n) is 4.65. The molecule has 0 nitrogen and oxygen atoms in total.